The van der Waals surface area contributed by atoms with Crippen LogP contribution in [0.25, 0.3) is 16.0 Å². The SMILES string of the molecule is [C-]#[N+]c1ccc(-c2cnc(C(F)(F)CNC(=O)c3ccccc3C(F)(F)F)c(Cl)c2)cc1. The van der Waals surface area contributed by atoms with E-state index < -0.39 is 41.4 Å². The molecule has 1 aromatic heterocycles. The Labute approximate surface area is 184 Å². The molecule has 0 radical (unpaired) electrons. The topological polar surface area (TPSA) is 46.4 Å². The molecular weight excluding hydrogens is 453 g/mol. The third-order valence-electron chi connectivity index (χ3n) is 4.47. The molecule has 0 saturated heterocycles. The lowest BCUT2D eigenvalue weighted by Gasteiger charge is -2.19. The number of aromatic nitrogens is 1. The van der Waals surface area contributed by atoms with Crippen LogP contribution in [-0.4, -0.2) is 17.4 Å². The number of carbonyl (C=O) groups is 1. The fourth-order valence-electron chi connectivity index (χ4n) is 2.89. The molecule has 32 heavy (non-hydrogen) atoms. The fraction of sp³-hybridized carbons (Fsp3) is 0.136. The minimum atomic E-state index is -4.82. The van der Waals surface area contributed by atoms with E-state index in [-0.39, 0.29) is 5.02 Å². The van der Waals surface area contributed by atoms with Crippen molar-refractivity contribution in [3.8, 4) is 11.1 Å². The van der Waals surface area contributed by atoms with E-state index in [0.29, 0.717) is 22.9 Å². The number of halogens is 6. The van der Waals surface area contributed by atoms with Crippen LogP contribution in [0.3, 0.4) is 0 Å². The Kier molecular flexibility index (Phi) is 6.46. The van der Waals surface area contributed by atoms with Crippen molar-refractivity contribution in [2.45, 2.75) is 12.1 Å². The second-order valence-corrected chi connectivity index (χ2v) is 7.05. The summed E-state index contributed by atoms with van der Waals surface area (Å²) in [7, 11) is 0. The normalized spacial score (nSPS) is 11.7. The van der Waals surface area contributed by atoms with Crippen LogP contribution in [0.5, 0.6) is 0 Å². The molecule has 3 aromatic rings. The molecule has 0 fully saturated rings. The summed E-state index contributed by atoms with van der Waals surface area (Å²) in [5.41, 5.74) is -1.41. The van der Waals surface area contributed by atoms with Gasteiger partial charge in [0.2, 0.25) is 0 Å². The van der Waals surface area contributed by atoms with Gasteiger partial charge in [-0.2, -0.15) is 22.0 Å². The maximum atomic E-state index is 14.6. The Morgan fingerprint density at radius 3 is 2.28 bits per heavy atom. The van der Waals surface area contributed by atoms with Gasteiger partial charge in [0, 0.05) is 11.8 Å². The summed E-state index contributed by atoms with van der Waals surface area (Å²) in [5, 5.41) is 1.44. The first-order chi connectivity index (χ1) is 15.0. The Balaban J connectivity index is 1.78. The van der Waals surface area contributed by atoms with E-state index in [1.165, 1.54) is 12.1 Å². The highest BCUT2D eigenvalue weighted by Gasteiger charge is 2.38. The summed E-state index contributed by atoms with van der Waals surface area (Å²) in [6.45, 7) is 5.64. The van der Waals surface area contributed by atoms with Gasteiger partial charge in [-0.25, -0.2) is 4.85 Å². The van der Waals surface area contributed by atoms with Crippen LogP contribution in [0.4, 0.5) is 27.6 Å². The van der Waals surface area contributed by atoms with Crippen molar-refractivity contribution in [1.82, 2.24) is 10.3 Å². The van der Waals surface area contributed by atoms with Crippen LogP contribution in [0.2, 0.25) is 5.02 Å². The monoisotopic (exact) mass is 465 g/mol. The van der Waals surface area contributed by atoms with Crippen molar-refractivity contribution in [3.05, 3.63) is 94.1 Å². The second kappa shape index (κ2) is 8.93. The first-order valence-electron chi connectivity index (χ1n) is 8.99. The average Bonchev–Trinajstić information content (AvgIpc) is 2.76. The third-order valence-corrected chi connectivity index (χ3v) is 4.75. The number of pyridine rings is 1. The molecule has 1 amide bonds. The van der Waals surface area contributed by atoms with Gasteiger partial charge in [-0.1, -0.05) is 48.0 Å². The van der Waals surface area contributed by atoms with E-state index in [9.17, 15) is 26.7 Å². The van der Waals surface area contributed by atoms with Gasteiger partial charge in [-0.3, -0.25) is 9.78 Å². The zero-order chi connectivity index (χ0) is 23.5. The molecule has 0 aliphatic rings. The molecule has 0 spiro atoms. The summed E-state index contributed by atoms with van der Waals surface area (Å²) in [5.74, 6) is -5.04. The number of alkyl halides is 5. The van der Waals surface area contributed by atoms with E-state index in [2.05, 4.69) is 9.83 Å². The highest BCUT2D eigenvalue weighted by molar-refractivity contribution is 6.31. The van der Waals surface area contributed by atoms with E-state index in [4.69, 9.17) is 18.2 Å². The number of nitrogens with one attached hydrogen (secondary N) is 1. The van der Waals surface area contributed by atoms with Crippen molar-refractivity contribution in [3.63, 3.8) is 0 Å². The highest BCUT2D eigenvalue weighted by Crippen LogP contribution is 2.35. The number of nitrogens with zero attached hydrogens (tertiary/aromatic N) is 2. The summed E-state index contributed by atoms with van der Waals surface area (Å²) in [4.78, 5) is 19.1. The zero-order valence-corrected chi connectivity index (χ0v) is 16.8. The molecule has 3 rings (SSSR count). The lowest BCUT2D eigenvalue weighted by atomic mass is 10.1. The van der Waals surface area contributed by atoms with Crippen LogP contribution < -0.4 is 5.32 Å². The summed E-state index contributed by atoms with van der Waals surface area (Å²) in [6, 6.07) is 11.4. The molecule has 4 nitrogen and oxygen atoms in total. The van der Waals surface area contributed by atoms with E-state index in [1.54, 1.807) is 24.3 Å². The smallest absolute Gasteiger partial charge is 0.346 e. The van der Waals surface area contributed by atoms with Crippen molar-refractivity contribution in [2.24, 2.45) is 0 Å². The molecule has 164 valence electrons. The van der Waals surface area contributed by atoms with Gasteiger partial charge < -0.3 is 5.32 Å². The standard InChI is InChI=1S/C22H13ClF5N3O/c1-29-15-8-6-13(7-9-15)14-10-18(23)19(30-11-14)21(24,25)12-31-20(32)16-4-2-3-5-17(16)22(26,27)28/h2-11H,12H2,(H,31,32). The van der Waals surface area contributed by atoms with Crippen molar-refractivity contribution in [2.75, 3.05) is 6.54 Å². The number of hydrogen-bond donors (Lipinski definition) is 1. The maximum absolute atomic E-state index is 14.6. The molecule has 10 heteroatoms. The van der Waals surface area contributed by atoms with Crippen LogP contribution in [0.15, 0.2) is 60.8 Å². The molecule has 0 bridgehead atoms. The molecule has 0 aliphatic carbocycles. The Hall–Kier alpha value is -3.51. The van der Waals surface area contributed by atoms with Crippen molar-refractivity contribution >= 4 is 23.2 Å². The number of hydrogen-bond acceptors (Lipinski definition) is 2. The fourth-order valence-corrected chi connectivity index (χ4v) is 3.20. The first kappa shape index (κ1) is 23.2. The van der Waals surface area contributed by atoms with Gasteiger partial charge in [0.05, 0.1) is 29.3 Å². The lowest BCUT2D eigenvalue weighted by Crippen LogP contribution is -2.36. The first-order valence-corrected chi connectivity index (χ1v) is 9.37. The number of amides is 1. The van der Waals surface area contributed by atoms with Gasteiger partial charge in [0.15, 0.2) is 5.69 Å². The quantitative estimate of drug-likeness (QED) is 0.345. The summed E-state index contributed by atoms with van der Waals surface area (Å²) >= 11 is 5.99. The minimum absolute atomic E-state index is 0.383. The van der Waals surface area contributed by atoms with Gasteiger partial charge in [0.25, 0.3) is 5.91 Å². The van der Waals surface area contributed by atoms with Crippen LogP contribution >= 0.6 is 11.6 Å². The molecule has 0 unspecified atom stereocenters. The predicted octanol–water partition coefficient (Wildman–Crippen LogP) is 6.49. The molecule has 1 heterocycles. The summed E-state index contributed by atoms with van der Waals surface area (Å²) < 4.78 is 68.4. The molecule has 0 saturated carbocycles. The van der Waals surface area contributed by atoms with Crippen molar-refractivity contribution < 1.29 is 26.7 Å². The zero-order valence-electron chi connectivity index (χ0n) is 16.1. The largest absolute Gasteiger partial charge is 0.417 e. The number of benzene rings is 2. The predicted molar refractivity (Wildman–Crippen MR) is 109 cm³/mol. The van der Waals surface area contributed by atoms with Gasteiger partial charge in [-0.15, -0.1) is 0 Å². The Morgan fingerprint density at radius 1 is 1.03 bits per heavy atom. The van der Waals surface area contributed by atoms with Crippen LogP contribution in [0, 0.1) is 6.57 Å². The Morgan fingerprint density at radius 2 is 1.69 bits per heavy atom. The molecule has 0 aliphatic heterocycles. The second-order valence-electron chi connectivity index (χ2n) is 6.64. The van der Waals surface area contributed by atoms with E-state index in [1.807, 2.05) is 5.32 Å². The van der Waals surface area contributed by atoms with Gasteiger partial charge >= 0.3 is 12.1 Å². The minimum Gasteiger partial charge on any atom is -0.346 e. The third kappa shape index (κ3) is 5.03. The van der Waals surface area contributed by atoms with E-state index in [0.717, 1.165) is 18.3 Å². The molecular formula is C22H13ClF5N3O. The maximum Gasteiger partial charge on any atom is 0.417 e. The molecule has 0 atom stereocenters. The number of carbonyl (C=O) groups excluding carboxylic acids is 1. The van der Waals surface area contributed by atoms with Crippen molar-refractivity contribution in [1.29, 1.82) is 0 Å². The van der Waals surface area contributed by atoms with Gasteiger partial charge in [0.1, 0.15) is 5.69 Å². The molecule has 1 N–H and O–H groups in total. The Bertz CT molecular complexity index is 1190. The van der Waals surface area contributed by atoms with Crippen LogP contribution in [0.1, 0.15) is 21.6 Å². The highest BCUT2D eigenvalue weighted by atomic mass is 35.5. The summed E-state index contributed by atoms with van der Waals surface area (Å²) in [6.07, 6.45) is -3.66. The van der Waals surface area contributed by atoms with Crippen LogP contribution in [-0.2, 0) is 12.1 Å². The number of rotatable bonds is 5. The van der Waals surface area contributed by atoms with Gasteiger partial charge in [-0.05, 0) is 23.8 Å². The van der Waals surface area contributed by atoms with E-state index >= 15 is 0 Å². The molecule has 2 aromatic carbocycles. The lowest BCUT2D eigenvalue weighted by molar-refractivity contribution is -0.137. The average molecular weight is 466 g/mol.